The van der Waals surface area contributed by atoms with Gasteiger partial charge in [0, 0.05) is 10.4 Å². The van der Waals surface area contributed by atoms with Crippen LogP contribution in [0.15, 0.2) is 60.1 Å². The maximum Gasteiger partial charge on any atom is 0.420 e. The summed E-state index contributed by atoms with van der Waals surface area (Å²) in [5.74, 6) is -0.562. The number of rotatable bonds is 4. The van der Waals surface area contributed by atoms with Crippen molar-refractivity contribution in [1.82, 2.24) is 19.9 Å². The van der Waals surface area contributed by atoms with E-state index in [1.165, 1.54) is 17.5 Å². The van der Waals surface area contributed by atoms with E-state index in [2.05, 4.69) is 15.4 Å². The molecular formula is C19H13F3N4OS. The number of imidazole rings is 1. The van der Waals surface area contributed by atoms with E-state index in [0.29, 0.717) is 5.56 Å². The number of carbonyl (C=O) groups is 1. The van der Waals surface area contributed by atoms with E-state index in [1.54, 1.807) is 30.3 Å². The molecule has 4 rings (SSSR count). The third kappa shape index (κ3) is 3.61. The first kappa shape index (κ1) is 18.2. The first-order chi connectivity index (χ1) is 13.4. The average molecular weight is 402 g/mol. The number of halogens is 3. The first-order valence-electron chi connectivity index (χ1n) is 8.25. The summed E-state index contributed by atoms with van der Waals surface area (Å²) in [6.45, 7) is 0.277. The number of hydrogen-bond donors (Lipinski definition) is 1. The summed E-state index contributed by atoms with van der Waals surface area (Å²) in [6.07, 6.45) is -3.43. The van der Waals surface area contributed by atoms with Gasteiger partial charge in [0.25, 0.3) is 5.91 Å². The summed E-state index contributed by atoms with van der Waals surface area (Å²) in [7, 11) is 0. The fourth-order valence-electron chi connectivity index (χ4n) is 2.72. The third-order valence-corrected chi connectivity index (χ3v) is 4.91. The highest BCUT2D eigenvalue weighted by atomic mass is 32.1. The van der Waals surface area contributed by atoms with Gasteiger partial charge in [-0.15, -0.1) is 11.3 Å². The van der Waals surface area contributed by atoms with E-state index >= 15 is 0 Å². The summed E-state index contributed by atoms with van der Waals surface area (Å²) in [4.78, 5) is 17.1. The predicted octanol–water partition coefficient (Wildman–Crippen LogP) is 4.41. The molecule has 1 aromatic carbocycles. The SMILES string of the molecule is O=C(NCc1cccs1)c1cn2nc(-c3ccccc3)cc(C(F)(F)F)c2n1. The summed E-state index contributed by atoms with van der Waals surface area (Å²) in [5.41, 5.74) is -0.803. The van der Waals surface area contributed by atoms with Crippen molar-refractivity contribution in [2.45, 2.75) is 12.7 Å². The van der Waals surface area contributed by atoms with Gasteiger partial charge < -0.3 is 5.32 Å². The molecule has 0 saturated carbocycles. The number of benzene rings is 1. The minimum atomic E-state index is -4.64. The Labute approximate surface area is 161 Å². The quantitative estimate of drug-likeness (QED) is 0.550. The van der Waals surface area contributed by atoms with Crippen molar-refractivity contribution in [3.63, 3.8) is 0 Å². The number of amides is 1. The minimum Gasteiger partial charge on any atom is -0.346 e. The fraction of sp³-hybridized carbons (Fsp3) is 0.105. The Hall–Kier alpha value is -3.20. The lowest BCUT2D eigenvalue weighted by atomic mass is 10.1. The summed E-state index contributed by atoms with van der Waals surface area (Å²) < 4.78 is 41.7. The molecule has 28 heavy (non-hydrogen) atoms. The third-order valence-electron chi connectivity index (χ3n) is 4.04. The van der Waals surface area contributed by atoms with Crippen molar-refractivity contribution < 1.29 is 18.0 Å². The number of thiophene rings is 1. The molecule has 0 radical (unpaired) electrons. The van der Waals surface area contributed by atoms with Gasteiger partial charge in [0.05, 0.1) is 18.4 Å². The Morgan fingerprint density at radius 3 is 2.61 bits per heavy atom. The fourth-order valence-corrected chi connectivity index (χ4v) is 3.36. The van der Waals surface area contributed by atoms with Gasteiger partial charge in [0.15, 0.2) is 5.65 Å². The average Bonchev–Trinajstić information content (AvgIpc) is 3.34. The molecule has 9 heteroatoms. The van der Waals surface area contributed by atoms with Gasteiger partial charge in [0.1, 0.15) is 11.3 Å². The second-order valence-electron chi connectivity index (χ2n) is 5.96. The molecule has 0 saturated heterocycles. The van der Waals surface area contributed by atoms with Crippen molar-refractivity contribution in [3.8, 4) is 11.3 Å². The molecule has 5 nitrogen and oxygen atoms in total. The van der Waals surface area contributed by atoms with Gasteiger partial charge >= 0.3 is 6.18 Å². The van der Waals surface area contributed by atoms with Crippen molar-refractivity contribution in [2.24, 2.45) is 0 Å². The number of aromatic nitrogens is 3. The lowest BCUT2D eigenvalue weighted by Crippen LogP contribution is -2.22. The maximum atomic E-state index is 13.6. The first-order valence-corrected chi connectivity index (χ1v) is 9.13. The van der Waals surface area contributed by atoms with Crippen LogP contribution in [-0.2, 0) is 12.7 Å². The zero-order valence-electron chi connectivity index (χ0n) is 14.3. The Bertz CT molecular complexity index is 1120. The van der Waals surface area contributed by atoms with Gasteiger partial charge in [-0.05, 0) is 17.5 Å². The Morgan fingerprint density at radius 1 is 1.14 bits per heavy atom. The van der Waals surface area contributed by atoms with Gasteiger partial charge in [0.2, 0.25) is 0 Å². The molecule has 3 heterocycles. The summed E-state index contributed by atoms with van der Waals surface area (Å²) in [5, 5.41) is 8.73. The number of fused-ring (bicyclic) bond motifs is 1. The molecule has 0 atom stereocenters. The standard InChI is InChI=1S/C19H13F3N4OS/c20-19(21,22)14-9-15(12-5-2-1-3-6-12)25-26-11-16(24-17(14)26)18(27)23-10-13-7-4-8-28-13/h1-9,11H,10H2,(H,23,27). The van der Waals surface area contributed by atoms with Gasteiger partial charge in [-0.1, -0.05) is 36.4 Å². The smallest absolute Gasteiger partial charge is 0.346 e. The maximum absolute atomic E-state index is 13.6. The van der Waals surface area contributed by atoms with Crippen molar-refractivity contribution in [1.29, 1.82) is 0 Å². The highest BCUT2D eigenvalue weighted by Crippen LogP contribution is 2.34. The largest absolute Gasteiger partial charge is 0.420 e. The van der Waals surface area contributed by atoms with Gasteiger partial charge in [-0.25, -0.2) is 9.50 Å². The molecular weight excluding hydrogens is 389 g/mol. The number of alkyl halides is 3. The molecule has 0 aliphatic rings. The molecule has 142 valence electrons. The molecule has 1 amide bonds. The van der Waals surface area contributed by atoms with Crippen LogP contribution in [0, 0.1) is 0 Å². The summed E-state index contributed by atoms with van der Waals surface area (Å²) in [6, 6.07) is 13.2. The van der Waals surface area contributed by atoms with Crippen molar-refractivity contribution >= 4 is 22.9 Å². The number of nitrogens with zero attached hydrogens (tertiary/aromatic N) is 3. The number of carbonyl (C=O) groups excluding carboxylic acids is 1. The van der Waals surface area contributed by atoms with E-state index in [4.69, 9.17) is 0 Å². The Morgan fingerprint density at radius 2 is 1.93 bits per heavy atom. The van der Waals surface area contributed by atoms with E-state index in [0.717, 1.165) is 15.5 Å². The Balaban J connectivity index is 1.74. The van der Waals surface area contributed by atoms with Crippen LogP contribution >= 0.6 is 11.3 Å². The molecule has 3 aromatic heterocycles. The predicted molar refractivity (Wildman–Crippen MR) is 98.9 cm³/mol. The molecule has 0 unspecified atom stereocenters. The van der Waals surface area contributed by atoms with Gasteiger partial charge in [-0.2, -0.15) is 18.3 Å². The van der Waals surface area contributed by atoms with Crippen LogP contribution in [0.4, 0.5) is 13.2 Å². The highest BCUT2D eigenvalue weighted by Gasteiger charge is 2.35. The molecule has 0 fully saturated rings. The van der Waals surface area contributed by atoms with E-state index in [-0.39, 0.29) is 17.9 Å². The number of hydrogen-bond acceptors (Lipinski definition) is 4. The molecule has 1 N–H and O–H groups in total. The van der Waals surface area contributed by atoms with Crippen LogP contribution in [0.1, 0.15) is 20.9 Å². The van der Waals surface area contributed by atoms with Crippen LogP contribution < -0.4 is 5.32 Å². The molecule has 0 spiro atoms. The zero-order chi connectivity index (χ0) is 19.7. The number of nitrogens with one attached hydrogen (secondary N) is 1. The van der Waals surface area contributed by atoms with Crippen LogP contribution in [0.2, 0.25) is 0 Å². The van der Waals surface area contributed by atoms with E-state index in [1.807, 2.05) is 17.5 Å². The highest BCUT2D eigenvalue weighted by molar-refractivity contribution is 7.09. The van der Waals surface area contributed by atoms with E-state index in [9.17, 15) is 18.0 Å². The Kier molecular flexibility index (Phi) is 4.60. The lowest BCUT2D eigenvalue weighted by molar-refractivity contribution is -0.136. The molecule has 0 aliphatic carbocycles. The van der Waals surface area contributed by atoms with Crippen molar-refractivity contribution in [3.05, 3.63) is 76.2 Å². The van der Waals surface area contributed by atoms with E-state index < -0.39 is 23.3 Å². The normalized spacial score (nSPS) is 11.7. The minimum absolute atomic E-state index is 0.125. The van der Waals surface area contributed by atoms with Gasteiger partial charge in [-0.3, -0.25) is 4.79 Å². The zero-order valence-corrected chi connectivity index (χ0v) is 15.1. The second-order valence-corrected chi connectivity index (χ2v) is 7.00. The van der Waals surface area contributed by atoms with Crippen LogP contribution in [-0.4, -0.2) is 20.5 Å². The van der Waals surface area contributed by atoms with Crippen molar-refractivity contribution in [2.75, 3.05) is 0 Å². The van der Waals surface area contributed by atoms with Crippen LogP contribution in [0.25, 0.3) is 16.9 Å². The van der Waals surface area contributed by atoms with Crippen LogP contribution in [0.3, 0.4) is 0 Å². The monoisotopic (exact) mass is 402 g/mol. The molecule has 0 bridgehead atoms. The summed E-state index contributed by atoms with van der Waals surface area (Å²) >= 11 is 1.47. The molecule has 4 aromatic rings. The molecule has 0 aliphatic heterocycles. The lowest BCUT2D eigenvalue weighted by Gasteiger charge is -2.10. The van der Waals surface area contributed by atoms with Crippen LogP contribution in [0.5, 0.6) is 0 Å². The second kappa shape index (κ2) is 7.08. The topological polar surface area (TPSA) is 59.3 Å².